The summed E-state index contributed by atoms with van der Waals surface area (Å²) in [5, 5.41) is 9.95. The van der Waals surface area contributed by atoms with Gasteiger partial charge in [0, 0.05) is 7.05 Å². The van der Waals surface area contributed by atoms with Crippen LogP contribution in [0.5, 0.6) is 0 Å². The van der Waals surface area contributed by atoms with Gasteiger partial charge >= 0.3 is 5.69 Å². The van der Waals surface area contributed by atoms with E-state index in [0.717, 1.165) is 11.0 Å². The van der Waals surface area contributed by atoms with E-state index < -0.39 is 6.10 Å². The Morgan fingerprint density at radius 2 is 1.89 bits per heavy atom. The summed E-state index contributed by atoms with van der Waals surface area (Å²) in [7, 11) is 1.73. The van der Waals surface area contributed by atoms with Crippen LogP contribution >= 0.6 is 0 Å². The third kappa shape index (κ3) is 2.88. The van der Waals surface area contributed by atoms with Crippen LogP contribution in [0.4, 0.5) is 0 Å². The van der Waals surface area contributed by atoms with Gasteiger partial charge in [0.25, 0.3) is 0 Å². The van der Waals surface area contributed by atoms with Crippen LogP contribution in [0.1, 0.15) is 13.8 Å². The molecular weight excluding hydrogens is 244 g/mol. The molecule has 0 aliphatic carbocycles. The molecule has 0 radical (unpaired) electrons. The molecule has 5 heteroatoms. The van der Waals surface area contributed by atoms with Gasteiger partial charge in [0.1, 0.15) is 0 Å². The van der Waals surface area contributed by atoms with Gasteiger partial charge in [-0.3, -0.25) is 9.13 Å². The Morgan fingerprint density at radius 1 is 1.26 bits per heavy atom. The third-order valence-electron chi connectivity index (χ3n) is 3.07. The Labute approximate surface area is 112 Å². The highest BCUT2D eigenvalue weighted by molar-refractivity contribution is 5.75. The second-order valence-corrected chi connectivity index (χ2v) is 4.98. The molecule has 2 rings (SSSR count). The van der Waals surface area contributed by atoms with E-state index in [4.69, 9.17) is 4.74 Å². The summed E-state index contributed by atoms with van der Waals surface area (Å²) in [5.74, 6) is 0. The van der Waals surface area contributed by atoms with Crippen molar-refractivity contribution in [3.63, 3.8) is 0 Å². The van der Waals surface area contributed by atoms with Crippen molar-refractivity contribution in [3.8, 4) is 0 Å². The number of aryl methyl sites for hydroxylation is 1. The van der Waals surface area contributed by atoms with Gasteiger partial charge in [-0.2, -0.15) is 0 Å². The molecule has 0 fully saturated rings. The fraction of sp³-hybridized carbons (Fsp3) is 0.500. The number of aliphatic hydroxyl groups excluding tert-OH is 1. The van der Waals surface area contributed by atoms with Gasteiger partial charge in [-0.15, -0.1) is 0 Å². The van der Waals surface area contributed by atoms with E-state index in [-0.39, 0.29) is 24.9 Å². The molecule has 0 aliphatic rings. The SMILES string of the molecule is CC(C)OC[C@H](O)Cn1c(=O)n(C)c2ccccc21. The van der Waals surface area contributed by atoms with E-state index in [1.807, 2.05) is 38.1 Å². The first kappa shape index (κ1) is 13.8. The predicted molar refractivity (Wildman–Crippen MR) is 74.3 cm³/mol. The molecule has 19 heavy (non-hydrogen) atoms. The number of aromatic nitrogens is 2. The van der Waals surface area contributed by atoms with E-state index in [1.54, 1.807) is 16.2 Å². The number of rotatable bonds is 5. The zero-order valence-electron chi connectivity index (χ0n) is 11.5. The largest absolute Gasteiger partial charge is 0.389 e. The van der Waals surface area contributed by atoms with E-state index in [9.17, 15) is 9.90 Å². The first-order valence-corrected chi connectivity index (χ1v) is 6.44. The zero-order chi connectivity index (χ0) is 14.0. The summed E-state index contributed by atoms with van der Waals surface area (Å²) in [5.41, 5.74) is 1.58. The minimum atomic E-state index is -0.689. The van der Waals surface area contributed by atoms with Gasteiger partial charge in [-0.25, -0.2) is 4.79 Å². The van der Waals surface area contributed by atoms with Crippen molar-refractivity contribution < 1.29 is 9.84 Å². The lowest BCUT2D eigenvalue weighted by molar-refractivity contribution is -0.000657. The van der Waals surface area contributed by atoms with Gasteiger partial charge in [0.2, 0.25) is 0 Å². The smallest absolute Gasteiger partial charge is 0.328 e. The summed E-state index contributed by atoms with van der Waals surface area (Å²) in [6.45, 7) is 4.30. The van der Waals surface area contributed by atoms with Crippen LogP contribution in [0.2, 0.25) is 0 Å². The van der Waals surface area contributed by atoms with Crippen molar-refractivity contribution in [1.29, 1.82) is 0 Å². The van der Waals surface area contributed by atoms with Crippen LogP contribution in [0.25, 0.3) is 11.0 Å². The van der Waals surface area contributed by atoms with Gasteiger partial charge < -0.3 is 9.84 Å². The average molecular weight is 264 g/mol. The molecule has 0 saturated carbocycles. The number of para-hydroxylation sites is 2. The molecular formula is C14H20N2O3. The topological polar surface area (TPSA) is 56.4 Å². The molecule has 1 aromatic heterocycles. The standard InChI is InChI=1S/C14H20N2O3/c1-10(2)19-9-11(17)8-16-13-7-5-4-6-12(13)15(3)14(16)18/h4-7,10-11,17H,8-9H2,1-3H3/t11-/m1/s1. The lowest BCUT2D eigenvalue weighted by atomic mass is 10.3. The first-order valence-electron chi connectivity index (χ1n) is 6.44. The third-order valence-corrected chi connectivity index (χ3v) is 3.07. The Kier molecular flexibility index (Phi) is 4.07. The van der Waals surface area contributed by atoms with Crippen LogP contribution in [-0.4, -0.2) is 33.1 Å². The Morgan fingerprint density at radius 3 is 2.53 bits per heavy atom. The summed E-state index contributed by atoms with van der Waals surface area (Å²) < 4.78 is 8.54. The van der Waals surface area contributed by atoms with Crippen LogP contribution in [-0.2, 0) is 18.3 Å². The molecule has 2 aromatic rings. The van der Waals surface area contributed by atoms with Crippen molar-refractivity contribution in [2.24, 2.45) is 7.05 Å². The lowest BCUT2D eigenvalue weighted by Gasteiger charge is -2.14. The fourth-order valence-electron chi connectivity index (χ4n) is 2.11. The normalized spacial score (nSPS) is 13.3. The monoisotopic (exact) mass is 264 g/mol. The van der Waals surface area contributed by atoms with Crippen LogP contribution in [0, 0.1) is 0 Å². The summed E-state index contributed by atoms with van der Waals surface area (Å²) >= 11 is 0. The van der Waals surface area contributed by atoms with Gasteiger partial charge in [0.05, 0.1) is 36.4 Å². The van der Waals surface area contributed by atoms with Crippen LogP contribution < -0.4 is 5.69 Å². The second kappa shape index (κ2) is 5.59. The molecule has 1 N–H and O–H groups in total. The zero-order valence-corrected chi connectivity index (χ0v) is 11.5. The number of hydrogen-bond acceptors (Lipinski definition) is 3. The number of nitrogens with zero attached hydrogens (tertiary/aromatic N) is 2. The van der Waals surface area contributed by atoms with Crippen molar-refractivity contribution in [1.82, 2.24) is 9.13 Å². The van der Waals surface area contributed by atoms with Crippen molar-refractivity contribution >= 4 is 11.0 Å². The predicted octanol–water partition coefficient (Wildman–Crippen LogP) is 1.13. The molecule has 0 spiro atoms. The summed E-state index contributed by atoms with van der Waals surface area (Å²) in [6, 6.07) is 7.55. The number of hydrogen-bond donors (Lipinski definition) is 1. The Balaban J connectivity index is 2.25. The molecule has 1 heterocycles. The molecule has 0 amide bonds. The molecule has 104 valence electrons. The molecule has 1 atom stereocenters. The van der Waals surface area contributed by atoms with Crippen molar-refractivity contribution in [2.45, 2.75) is 32.6 Å². The minimum Gasteiger partial charge on any atom is -0.389 e. The molecule has 0 unspecified atom stereocenters. The number of fused-ring (bicyclic) bond motifs is 1. The maximum absolute atomic E-state index is 12.1. The molecule has 0 bridgehead atoms. The minimum absolute atomic E-state index is 0.0684. The van der Waals surface area contributed by atoms with E-state index in [2.05, 4.69) is 0 Å². The lowest BCUT2D eigenvalue weighted by Crippen LogP contribution is -2.30. The Bertz CT molecular complexity index is 613. The van der Waals surface area contributed by atoms with Crippen LogP contribution in [0.3, 0.4) is 0 Å². The highest BCUT2D eigenvalue weighted by Crippen LogP contribution is 2.12. The van der Waals surface area contributed by atoms with Gasteiger partial charge in [0.15, 0.2) is 0 Å². The van der Waals surface area contributed by atoms with Crippen molar-refractivity contribution in [3.05, 3.63) is 34.7 Å². The van der Waals surface area contributed by atoms with E-state index in [0.29, 0.717) is 0 Å². The highest BCUT2D eigenvalue weighted by atomic mass is 16.5. The maximum atomic E-state index is 12.1. The van der Waals surface area contributed by atoms with E-state index in [1.165, 1.54) is 0 Å². The molecule has 0 aliphatic heterocycles. The van der Waals surface area contributed by atoms with Gasteiger partial charge in [-0.1, -0.05) is 12.1 Å². The number of benzene rings is 1. The second-order valence-electron chi connectivity index (χ2n) is 4.98. The van der Waals surface area contributed by atoms with Crippen molar-refractivity contribution in [2.75, 3.05) is 6.61 Å². The number of aliphatic hydroxyl groups is 1. The molecule has 1 aromatic carbocycles. The number of ether oxygens (including phenoxy) is 1. The molecule has 0 saturated heterocycles. The van der Waals surface area contributed by atoms with E-state index >= 15 is 0 Å². The first-order chi connectivity index (χ1) is 9.00. The fourth-order valence-corrected chi connectivity index (χ4v) is 2.11. The Hall–Kier alpha value is -1.59. The number of imidazole rings is 1. The highest BCUT2D eigenvalue weighted by Gasteiger charge is 2.14. The molecule has 5 nitrogen and oxygen atoms in total. The van der Waals surface area contributed by atoms with Gasteiger partial charge in [-0.05, 0) is 26.0 Å². The quantitative estimate of drug-likeness (QED) is 0.880. The van der Waals surface area contributed by atoms with Crippen LogP contribution in [0.15, 0.2) is 29.1 Å². The summed E-state index contributed by atoms with van der Waals surface area (Å²) in [4.78, 5) is 12.1. The average Bonchev–Trinajstić information content (AvgIpc) is 2.62. The summed E-state index contributed by atoms with van der Waals surface area (Å²) in [6.07, 6.45) is -0.621. The maximum Gasteiger partial charge on any atom is 0.328 e.